The van der Waals surface area contributed by atoms with E-state index in [0.29, 0.717) is 22.6 Å². The van der Waals surface area contributed by atoms with Crippen molar-refractivity contribution in [2.75, 3.05) is 0 Å². The Balaban J connectivity index is 1.43. The van der Waals surface area contributed by atoms with Crippen molar-refractivity contribution in [1.82, 2.24) is 25.1 Å². The maximum atomic E-state index is 13.1. The number of benzene rings is 2. The van der Waals surface area contributed by atoms with Crippen LogP contribution in [0.3, 0.4) is 0 Å². The van der Waals surface area contributed by atoms with E-state index in [1.165, 1.54) is 42.7 Å². The van der Waals surface area contributed by atoms with Crippen molar-refractivity contribution in [2.24, 2.45) is 0 Å². The lowest BCUT2D eigenvalue weighted by Crippen LogP contribution is -2.33. The number of rotatable bonds is 6. The van der Waals surface area contributed by atoms with Crippen LogP contribution in [-0.4, -0.2) is 25.7 Å². The Labute approximate surface area is 181 Å². The zero-order valence-corrected chi connectivity index (χ0v) is 16.7. The Kier molecular flexibility index (Phi) is 6.07. The van der Waals surface area contributed by atoms with E-state index in [4.69, 9.17) is 0 Å². The molecule has 32 heavy (non-hydrogen) atoms. The Morgan fingerprint density at radius 3 is 2.12 bits per heavy atom. The number of carbonyl (C=O) groups excluding carboxylic acids is 1. The normalized spacial score (nSPS) is 10.7. The van der Waals surface area contributed by atoms with Gasteiger partial charge in [-0.15, -0.1) is 0 Å². The minimum Gasteiger partial charge on any atom is -0.349 e. The molecular weight excluding hydrogens is 416 g/mol. The lowest BCUT2D eigenvalue weighted by Gasteiger charge is -2.09. The molecule has 0 bridgehead atoms. The van der Waals surface area contributed by atoms with Crippen molar-refractivity contribution in [3.8, 4) is 22.5 Å². The van der Waals surface area contributed by atoms with Gasteiger partial charge in [0.1, 0.15) is 24.5 Å². The topological polar surface area (TPSA) is 89.8 Å². The Morgan fingerprint density at radius 1 is 0.844 bits per heavy atom. The predicted octanol–water partition coefficient (Wildman–Crippen LogP) is 2.96. The maximum Gasteiger partial charge on any atom is 0.267 e. The van der Waals surface area contributed by atoms with Crippen LogP contribution in [0.5, 0.6) is 0 Å². The first kappa shape index (κ1) is 21.0. The summed E-state index contributed by atoms with van der Waals surface area (Å²) in [5.74, 6) is -1.16. The number of halogens is 2. The van der Waals surface area contributed by atoms with Crippen LogP contribution in [0.2, 0.25) is 0 Å². The number of hydrogen-bond acceptors (Lipinski definition) is 5. The number of hydrogen-bond donors (Lipinski definition) is 1. The molecule has 0 atom stereocenters. The summed E-state index contributed by atoms with van der Waals surface area (Å²) >= 11 is 0. The quantitative estimate of drug-likeness (QED) is 0.505. The molecule has 1 amide bonds. The third-order valence-electron chi connectivity index (χ3n) is 4.63. The Hall–Kier alpha value is -4.27. The molecular formula is C23H17F2N5O2. The van der Waals surface area contributed by atoms with Gasteiger partial charge in [-0.05, 0) is 60.7 Å². The van der Waals surface area contributed by atoms with Crippen LogP contribution in [0, 0.1) is 11.6 Å². The minimum atomic E-state index is -0.438. The van der Waals surface area contributed by atoms with E-state index in [-0.39, 0.29) is 24.7 Å². The van der Waals surface area contributed by atoms with Crippen molar-refractivity contribution in [3.05, 3.63) is 101 Å². The molecule has 0 unspecified atom stereocenters. The van der Waals surface area contributed by atoms with E-state index in [1.807, 2.05) is 0 Å². The molecule has 0 fully saturated rings. The van der Waals surface area contributed by atoms with Gasteiger partial charge in [-0.3, -0.25) is 9.59 Å². The second-order valence-electron chi connectivity index (χ2n) is 6.90. The van der Waals surface area contributed by atoms with Crippen LogP contribution in [0.25, 0.3) is 22.5 Å². The summed E-state index contributed by atoms with van der Waals surface area (Å²) in [6.45, 7) is -0.175. The van der Waals surface area contributed by atoms with Crippen molar-refractivity contribution in [2.45, 2.75) is 13.1 Å². The van der Waals surface area contributed by atoms with Crippen molar-refractivity contribution >= 4 is 5.91 Å². The standard InChI is InChI=1S/C23H17F2N5O2/c24-17-5-1-15(2-6-17)20-9-10-23(32)30(29-20)13-22(31)26-12-19-11-21(28-14-27-19)16-3-7-18(25)8-4-16/h1-11,14H,12-13H2,(H,26,31). The molecule has 0 saturated heterocycles. The monoisotopic (exact) mass is 433 g/mol. The number of aromatic nitrogens is 4. The predicted molar refractivity (Wildman–Crippen MR) is 113 cm³/mol. The summed E-state index contributed by atoms with van der Waals surface area (Å²) in [5.41, 5.74) is 2.48. The second kappa shape index (κ2) is 9.25. The zero-order chi connectivity index (χ0) is 22.5. The van der Waals surface area contributed by atoms with Crippen molar-refractivity contribution < 1.29 is 13.6 Å². The van der Waals surface area contributed by atoms with Gasteiger partial charge in [0, 0.05) is 17.2 Å². The lowest BCUT2D eigenvalue weighted by atomic mass is 10.1. The van der Waals surface area contributed by atoms with Gasteiger partial charge < -0.3 is 5.32 Å². The summed E-state index contributed by atoms with van der Waals surface area (Å²) in [6, 6.07) is 16.1. The number of nitrogens with one attached hydrogen (secondary N) is 1. The highest BCUT2D eigenvalue weighted by Gasteiger charge is 2.09. The molecule has 0 spiro atoms. The van der Waals surface area contributed by atoms with Crippen LogP contribution in [0.4, 0.5) is 8.78 Å². The van der Waals surface area contributed by atoms with Crippen molar-refractivity contribution in [3.63, 3.8) is 0 Å². The molecule has 0 aliphatic carbocycles. The average Bonchev–Trinajstić information content (AvgIpc) is 2.80. The molecule has 2 heterocycles. The van der Waals surface area contributed by atoms with E-state index >= 15 is 0 Å². The molecule has 1 N–H and O–H groups in total. The van der Waals surface area contributed by atoms with Gasteiger partial charge in [-0.25, -0.2) is 23.4 Å². The highest BCUT2D eigenvalue weighted by Crippen LogP contribution is 2.17. The Bertz CT molecular complexity index is 1310. The van der Waals surface area contributed by atoms with E-state index in [9.17, 15) is 18.4 Å². The minimum absolute atomic E-state index is 0.113. The third kappa shape index (κ3) is 5.07. The highest BCUT2D eigenvalue weighted by atomic mass is 19.1. The van der Waals surface area contributed by atoms with Gasteiger partial charge >= 0.3 is 0 Å². The first-order chi connectivity index (χ1) is 15.5. The largest absolute Gasteiger partial charge is 0.349 e. The molecule has 160 valence electrons. The smallest absolute Gasteiger partial charge is 0.267 e. The first-order valence-electron chi connectivity index (χ1n) is 9.65. The summed E-state index contributed by atoms with van der Waals surface area (Å²) in [5, 5.41) is 6.88. The molecule has 2 aromatic heterocycles. The second-order valence-corrected chi connectivity index (χ2v) is 6.90. The van der Waals surface area contributed by atoms with Gasteiger partial charge in [0.25, 0.3) is 5.56 Å². The first-order valence-corrected chi connectivity index (χ1v) is 9.65. The molecule has 2 aromatic carbocycles. The van der Waals surface area contributed by atoms with Crippen LogP contribution < -0.4 is 10.9 Å². The fourth-order valence-corrected chi connectivity index (χ4v) is 2.99. The molecule has 9 heteroatoms. The molecule has 7 nitrogen and oxygen atoms in total. The summed E-state index contributed by atoms with van der Waals surface area (Å²) in [4.78, 5) is 32.8. The molecule has 0 radical (unpaired) electrons. The van der Waals surface area contributed by atoms with Crippen LogP contribution in [0.1, 0.15) is 5.69 Å². The fourth-order valence-electron chi connectivity index (χ4n) is 2.99. The summed E-state index contributed by atoms with van der Waals surface area (Å²) < 4.78 is 27.3. The highest BCUT2D eigenvalue weighted by molar-refractivity contribution is 5.75. The number of carbonyl (C=O) groups is 1. The van der Waals surface area contributed by atoms with E-state index in [0.717, 1.165) is 10.2 Å². The van der Waals surface area contributed by atoms with Gasteiger partial charge in [0.2, 0.25) is 5.91 Å². The lowest BCUT2D eigenvalue weighted by molar-refractivity contribution is -0.122. The van der Waals surface area contributed by atoms with Gasteiger partial charge in [0.05, 0.1) is 23.6 Å². The number of amides is 1. The zero-order valence-electron chi connectivity index (χ0n) is 16.7. The van der Waals surface area contributed by atoms with Gasteiger partial charge in [-0.1, -0.05) is 0 Å². The van der Waals surface area contributed by atoms with E-state index in [1.54, 1.807) is 30.3 Å². The molecule has 0 aliphatic heterocycles. The van der Waals surface area contributed by atoms with Crippen molar-refractivity contribution in [1.29, 1.82) is 0 Å². The summed E-state index contributed by atoms with van der Waals surface area (Å²) in [7, 11) is 0. The van der Waals surface area contributed by atoms with Crippen LogP contribution >= 0.6 is 0 Å². The number of nitrogens with zero attached hydrogens (tertiary/aromatic N) is 4. The Morgan fingerprint density at radius 2 is 1.47 bits per heavy atom. The van der Waals surface area contributed by atoms with Crippen LogP contribution in [0.15, 0.2) is 77.9 Å². The summed E-state index contributed by atoms with van der Waals surface area (Å²) in [6.07, 6.45) is 1.36. The molecule has 0 aliphatic rings. The molecule has 4 aromatic rings. The van der Waals surface area contributed by atoms with Crippen LogP contribution in [-0.2, 0) is 17.9 Å². The van der Waals surface area contributed by atoms with Gasteiger partial charge in [-0.2, -0.15) is 5.10 Å². The molecule has 4 rings (SSSR count). The van der Waals surface area contributed by atoms with Gasteiger partial charge in [0.15, 0.2) is 0 Å². The van der Waals surface area contributed by atoms with E-state index in [2.05, 4.69) is 20.4 Å². The fraction of sp³-hybridized carbons (Fsp3) is 0.0870. The third-order valence-corrected chi connectivity index (χ3v) is 4.63. The van der Waals surface area contributed by atoms with E-state index < -0.39 is 11.5 Å². The molecule has 0 saturated carbocycles. The maximum absolute atomic E-state index is 13.1. The SMILES string of the molecule is O=C(Cn1nc(-c2ccc(F)cc2)ccc1=O)NCc1cc(-c2ccc(F)cc2)ncn1. The average molecular weight is 433 g/mol.